The molecular weight excluding hydrogens is 330 g/mol. The maximum Gasteiger partial charge on any atom is 0.321 e. The second kappa shape index (κ2) is 8.95. The number of nitrogens with one attached hydrogen (secondary N) is 1. The number of thioether (sulfide) groups is 1. The highest BCUT2D eigenvalue weighted by Crippen LogP contribution is 2.23. The topological polar surface area (TPSA) is 35.6 Å². The van der Waals surface area contributed by atoms with Crippen molar-refractivity contribution in [2.24, 2.45) is 11.8 Å². The van der Waals surface area contributed by atoms with Gasteiger partial charge in [-0.1, -0.05) is 13.0 Å². The van der Waals surface area contributed by atoms with E-state index in [1.54, 1.807) is 11.8 Å². The standard InChI is InChI=1S/C20H31N3OS/c1-16-6-10-22(11-7-16)15-17-8-12-23(13-9-17)20(24)21-18-4-3-5-19(14-18)25-2/h3-5,14,16-17H,6-13,15H2,1-2H3,(H,21,24). The molecule has 0 unspecified atom stereocenters. The van der Waals surface area contributed by atoms with Crippen molar-refractivity contribution in [2.75, 3.05) is 44.3 Å². The first kappa shape index (κ1) is 18.6. The van der Waals surface area contributed by atoms with Crippen LogP contribution in [0.5, 0.6) is 0 Å². The minimum atomic E-state index is 0.0449. The molecule has 2 heterocycles. The summed E-state index contributed by atoms with van der Waals surface area (Å²) in [4.78, 5) is 18.3. The number of carbonyl (C=O) groups is 1. The Labute approximate surface area is 156 Å². The van der Waals surface area contributed by atoms with Gasteiger partial charge < -0.3 is 15.1 Å². The molecule has 0 atom stereocenters. The van der Waals surface area contributed by atoms with Gasteiger partial charge in [0.15, 0.2) is 0 Å². The van der Waals surface area contributed by atoms with Crippen LogP contribution < -0.4 is 5.32 Å². The van der Waals surface area contributed by atoms with Gasteiger partial charge in [-0.15, -0.1) is 11.8 Å². The average Bonchev–Trinajstić information content (AvgIpc) is 2.64. The molecule has 5 heteroatoms. The Morgan fingerprint density at radius 3 is 2.56 bits per heavy atom. The number of likely N-dealkylation sites (tertiary alicyclic amines) is 2. The van der Waals surface area contributed by atoms with E-state index in [9.17, 15) is 4.79 Å². The van der Waals surface area contributed by atoms with Crippen LogP contribution in [0, 0.1) is 11.8 Å². The Morgan fingerprint density at radius 2 is 1.88 bits per heavy atom. The molecule has 0 aliphatic carbocycles. The van der Waals surface area contributed by atoms with Crippen molar-refractivity contribution < 1.29 is 4.79 Å². The van der Waals surface area contributed by atoms with Crippen LogP contribution in [0.2, 0.25) is 0 Å². The Balaban J connectivity index is 1.43. The molecule has 2 saturated heterocycles. The maximum atomic E-state index is 12.5. The second-order valence-corrected chi connectivity index (χ2v) is 8.46. The summed E-state index contributed by atoms with van der Waals surface area (Å²) >= 11 is 1.69. The molecule has 2 aliphatic heterocycles. The Bertz CT molecular complexity index is 564. The number of hydrogen-bond donors (Lipinski definition) is 1. The predicted molar refractivity (Wildman–Crippen MR) is 106 cm³/mol. The summed E-state index contributed by atoms with van der Waals surface area (Å²) in [5.41, 5.74) is 0.890. The fourth-order valence-electron chi connectivity index (χ4n) is 3.83. The van der Waals surface area contributed by atoms with E-state index in [-0.39, 0.29) is 6.03 Å². The van der Waals surface area contributed by atoms with Crippen LogP contribution >= 0.6 is 11.8 Å². The van der Waals surface area contributed by atoms with Crippen molar-refractivity contribution in [3.05, 3.63) is 24.3 Å². The van der Waals surface area contributed by atoms with Gasteiger partial charge in [-0.05, 0) is 75.1 Å². The van der Waals surface area contributed by atoms with Crippen LogP contribution in [0.3, 0.4) is 0 Å². The van der Waals surface area contributed by atoms with Crippen molar-refractivity contribution in [1.82, 2.24) is 9.80 Å². The van der Waals surface area contributed by atoms with Gasteiger partial charge in [-0.3, -0.25) is 0 Å². The van der Waals surface area contributed by atoms with E-state index < -0.39 is 0 Å². The van der Waals surface area contributed by atoms with Crippen LogP contribution in [-0.4, -0.2) is 54.8 Å². The quantitative estimate of drug-likeness (QED) is 0.808. The van der Waals surface area contributed by atoms with Crippen molar-refractivity contribution >= 4 is 23.5 Å². The lowest BCUT2D eigenvalue weighted by Crippen LogP contribution is -2.44. The van der Waals surface area contributed by atoms with Crippen LogP contribution in [-0.2, 0) is 0 Å². The van der Waals surface area contributed by atoms with Gasteiger partial charge >= 0.3 is 6.03 Å². The third-order valence-electron chi connectivity index (χ3n) is 5.62. The Morgan fingerprint density at radius 1 is 1.16 bits per heavy atom. The summed E-state index contributed by atoms with van der Waals surface area (Å²) in [6, 6.07) is 8.10. The number of rotatable bonds is 4. The Hall–Kier alpha value is -1.20. The number of anilines is 1. The molecule has 0 aromatic heterocycles. The molecule has 0 bridgehead atoms. The number of nitrogens with zero attached hydrogens (tertiary/aromatic N) is 2. The summed E-state index contributed by atoms with van der Waals surface area (Å²) in [6.45, 7) is 7.86. The first-order valence-electron chi connectivity index (χ1n) is 9.56. The molecule has 0 radical (unpaired) electrons. The molecular formula is C20H31N3OS. The molecule has 0 spiro atoms. The molecule has 4 nitrogen and oxygen atoms in total. The highest BCUT2D eigenvalue weighted by molar-refractivity contribution is 7.98. The predicted octanol–water partition coefficient (Wildman–Crippen LogP) is 4.38. The lowest BCUT2D eigenvalue weighted by molar-refractivity contribution is 0.130. The van der Waals surface area contributed by atoms with Gasteiger partial charge in [-0.25, -0.2) is 4.79 Å². The second-order valence-electron chi connectivity index (χ2n) is 7.58. The van der Waals surface area contributed by atoms with Gasteiger partial charge in [0.25, 0.3) is 0 Å². The minimum absolute atomic E-state index is 0.0449. The fourth-order valence-corrected chi connectivity index (χ4v) is 4.29. The van der Waals surface area contributed by atoms with Gasteiger partial charge in [0.05, 0.1) is 0 Å². The highest BCUT2D eigenvalue weighted by atomic mass is 32.2. The van der Waals surface area contributed by atoms with Crippen molar-refractivity contribution in [1.29, 1.82) is 0 Å². The first-order valence-corrected chi connectivity index (χ1v) is 10.8. The normalized spacial score (nSPS) is 20.6. The number of benzene rings is 1. The fraction of sp³-hybridized carbons (Fsp3) is 0.650. The molecule has 138 valence electrons. The van der Waals surface area contributed by atoms with E-state index in [0.717, 1.165) is 43.5 Å². The zero-order valence-electron chi connectivity index (χ0n) is 15.5. The maximum absolute atomic E-state index is 12.5. The zero-order valence-corrected chi connectivity index (χ0v) is 16.4. The molecule has 2 amide bonds. The third kappa shape index (κ3) is 5.38. The van der Waals surface area contributed by atoms with Crippen LogP contribution in [0.1, 0.15) is 32.6 Å². The van der Waals surface area contributed by atoms with Crippen LogP contribution in [0.25, 0.3) is 0 Å². The van der Waals surface area contributed by atoms with Gasteiger partial charge in [-0.2, -0.15) is 0 Å². The molecule has 0 saturated carbocycles. The van der Waals surface area contributed by atoms with Crippen molar-refractivity contribution in [2.45, 2.75) is 37.5 Å². The molecule has 1 N–H and O–H groups in total. The van der Waals surface area contributed by atoms with Crippen molar-refractivity contribution in [3.63, 3.8) is 0 Å². The monoisotopic (exact) mass is 361 g/mol. The summed E-state index contributed by atoms with van der Waals surface area (Å²) in [7, 11) is 0. The van der Waals surface area contributed by atoms with Gasteiger partial charge in [0, 0.05) is 30.2 Å². The number of piperidine rings is 2. The lowest BCUT2D eigenvalue weighted by Gasteiger charge is -2.37. The van der Waals surface area contributed by atoms with Crippen molar-refractivity contribution in [3.8, 4) is 0 Å². The van der Waals surface area contributed by atoms with E-state index in [1.807, 2.05) is 23.1 Å². The van der Waals surface area contributed by atoms with E-state index in [4.69, 9.17) is 0 Å². The van der Waals surface area contributed by atoms with E-state index in [2.05, 4.69) is 29.5 Å². The summed E-state index contributed by atoms with van der Waals surface area (Å²) in [5, 5.41) is 3.05. The molecule has 2 fully saturated rings. The summed E-state index contributed by atoms with van der Waals surface area (Å²) in [6.07, 6.45) is 7.00. The number of hydrogen-bond acceptors (Lipinski definition) is 3. The highest BCUT2D eigenvalue weighted by Gasteiger charge is 2.25. The Kier molecular flexibility index (Phi) is 6.65. The molecule has 25 heavy (non-hydrogen) atoms. The zero-order chi connectivity index (χ0) is 17.6. The van der Waals surface area contributed by atoms with E-state index in [1.165, 1.54) is 37.4 Å². The number of urea groups is 1. The van der Waals surface area contributed by atoms with Crippen LogP contribution in [0.15, 0.2) is 29.2 Å². The largest absolute Gasteiger partial charge is 0.325 e. The number of carbonyl (C=O) groups excluding carboxylic acids is 1. The van der Waals surface area contributed by atoms with E-state index in [0.29, 0.717) is 0 Å². The molecule has 3 rings (SSSR count). The third-order valence-corrected chi connectivity index (χ3v) is 6.34. The average molecular weight is 362 g/mol. The summed E-state index contributed by atoms with van der Waals surface area (Å²) in [5.74, 6) is 1.64. The molecule has 1 aromatic rings. The smallest absolute Gasteiger partial charge is 0.321 e. The molecule has 1 aromatic carbocycles. The SMILES string of the molecule is CSc1cccc(NC(=O)N2CCC(CN3CCC(C)CC3)CC2)c1. The van der Waals surface area contributed by atoms with E-state index >= 15 is 0 Å². The van der Waals surface area contributed by atoms with Gasteiger partial charge in [0.1, 0.15) is 0 Å². The van der Waals surface area contributed by atoms with Gasteiger partial charge in [0.2, 0.25) is 0 Å². The van der Waals surface area contributed by atoms with Crippen LogP contribution in [0.4, 0.5) is 10.5 Å². The minimum Gasteiger partial charge on any atom is -0.325 e. The molecule has 2 aliphatic rings. The first-order chi connectivity index (χ1) is 12.1. The summed E-state index contributed by atoms with van der Waals surface area (Å²) < 4.78 is 0. The number of amides is 2. The lowest BCUT2D eigenvalue weighted by atomic mass is 9.93.